The molecule has 1 saturated heterocycles. The van der Waals surface area contributed by atoms with Gasteiger partial charge in [-0.1, -0.05) is 12.8 Å². The first-order chi connectivity index (χ1) is 9.06. The van der Waals surface area contributed by atoms with E-state index in [0.29, 0.717) is 25.3 Å². The van der Waals surface area contributed by atoms with E-state index in [-0.39, 0.29) is 23.9 Å². The van der Waals surface area contributed by atoms with Crippen molar-refractivity contribution in [1.29, 1.82) is 0 Å². The number of likely N-dealkylation sites (tertiary alicyclic amines) is 1. The minimum atomic E-state index is 0.0927. The molecular weight excluding hydrogens is 242 g/mol. The SMILES string of the molecule is CN1CC(NC(=O)CC2CCCCC2N)CCC1=O. The third kappa shape index (κ3) is 3.93. The molecule has 1 saturated carbocycles. The average Bonchev–Trinajstić information content (AvgIpc) is 2.37. The predicted octanol–water partition coefficient (Wildman–Crippen LogP) is 0.631. The molecule has 3 atom stereocenters. The summed E-state index contributed by atoms with van der Waals surface area (Å²) in [5, 5.41) is 3.05. The molecule has 5 nitrogen and oxygen atoms in total. The average molecular weight is 267 g/mol. The summed E-state index contributed by atoms with van der Waals surface area (Å²) in [6.45, 7) is 0.626. The van der Waals surface area contributed by atoms with Crippen LogP contribution in [0.15, 0.2) is 0 Å². The van der Waals surface area contributed by atoms with Crippen molar-refractivity contribution >= 4 is 11.8 Å². The van der Waals surface area contributed by atoms with Crippen LogP contribution in [0.1, 0.15) is 44.9 Å². The van der Waals surface area contributed by atoms with Gasteiger partial charge in [0, 0.05) is 38.5 Å². The zero-order valence-electron chi connectivity index (χ0n) is 11.7. The Morgan fingerprint density at radius 2 is 2.11 bits per heavy atom. The molecule has 2 fully saturated rings. The first-order valence-corrected chi connectivity index (χ1v) is 7.35. The molecule has 1 aliphatic heterocycles. The fourth-order valence-electron chi connectivity index (χ4n) is 3.14. The van der Waals surface area contributed by atoms with Crippen molar-refractivity contribution in [2.24, 2.45) is 11.7 Å². The van der Waals surface area contributed by atoms with Crippen LogP contribution in [0.3, 0.4) is 0 Å². The lowest BCUT2D eigenvalue weighted by Crippen LogP contribution is -2.49. The highest BCUT2D eigenvalue weighted by molar-refractivity contribution is 5.79. The van der Waals surface area contributed by atoms with Crippen molar-refractivity contribution in [2.75, 3.05) is 13.6 Å². The van der Waals surface area contributed by atoms with Gasteiger partial charge in [-0.3, -0.25) is 9.59 Å². The summed E-state index contributed by atoms with van der Waals surface area (Å²) in [4.78, 5) is 25.1. The number of hydrogen-bond donors (Lipinski definition) is 2. The second-order valence-electron chi connectivity index (χ2n) is 5.99. The Hall–Kier alpha value is -1.10. The van der Waals surface area contributed by atoms with Crippen LogP contribution < -0.4 is 11.1 Å². The van der Waals surface area contributed by atoms with Crippen molar-refractivity contribution in [2.45, 2.75) is 57.0 Å². The summed E-state index contributed by atoms with van der Waals surface area (Å²) in [5.74, 6) is 0.589. The lowest BCUT2D eigenvalue weighted by molar-refractivity contribution is -0.134. The molecule has 2 amide bonds. The quantitative estimate of drug-likeness (QED) is 0.787. The zero-order chi connectivity index (χ0) is 13.8. The molecular formula is C14H25N3O2. The van der Waals surface area contributed by atoms with Crippen LogP contribution in [0.25, 0.3) is 0 Å². The van der Waals surface area contributed by atoms with Gasteiger partial charge in [0.25, 0.3) is 0 Å². The van der Waals surface area contributed by atoms with Gasteiger partial charge in [-0.25, -0.2) is 0 Å². The summed E-state index contributed by atoms with van der Waals surface area (Å²) in [6, 6.07) is 0.283. The van der Waals surface area contributed by atoms with Crippen LogP contribution in [0.2, 0.25) is 0 Å². The largest absolute Gasteiger partial charge is 0.352 e. The van der Waals surface area contributed by atoms with Crippen LogP contribution in [0.5, 0.6) is 0 Å². The third-order valence-corrected chi connectivity index (χ3v) is 4.41. The Bertz CT molecular complexity index is 346. The lowest BCUT2D eigenvalue weighted by Gasteiger charge is -2.32. The highest BCUT2D eigenvalue weighted by atomic mass is 16.2. The number of nitrogens with one attached hydrogen (secondary N) is 1. The fourth-order valence-corrected chi connectivity index (χ4v) is 3.14. The molecule has 0 spiro atoms. The van der Waals surface area contributed by atoms with Gasteiger partial charge in [0.15, 0.2) is 0 Å². The topological polar surface area (TPSA) is 75.4 Å². The van der Waals surface area contributed by atoms with Crippen molar-refractivity contribution in [1.82, 2.24) is 10.2 Å². The molecule has 0 radical (unpaired) electrons. The van der Waals surface area contributed by atoms with Gasteiger partial charge < -0.3 is 16.0 Å². The van der Waals surface area contributed by atoms with Crippen molar-refractivity contribution in [3.63, 3.8) is 0 Å². The smallest absolute Gasteiger partial charge is 0.222 e. The highest BCUT2D eigenvalue weighted by Crippen LogP contribution is 2.25. The van der Waals surface area contributed by atoms with Crippen molar-refractivity contribution < 1.29 is 9.59 Å². The highest BCUT2D eigenvalue weighted by Gasteiger charge is 2.27. The molecule has 3 N–H and O–H groups in total. The molecule has 2 aliphatic rings. The number of hydrogen-bond acceptors (Lipinski definition) is 3. The number of rotatable bonds is 3. The second kappa shape index (κ2) is 6.37. The zero-order valence-corrected chi connectivity index (χ0v) is 11.7. The Morgan fingerprint density at radius 3 is 2.79 bits per heavy atom. The van der Waals surface area contributed by atoms with Crippen LogP contribution >= 0.6 is 0 Å². The normalized spacial score (nSPS) is 32.2. The number of nitrogens with two attached hydrogens (primary N) is 1. The molecule has 0 aromatic rings. The summed E-state index contributed by atoms with van der Waals surface area (Å²) in [6.07, 6.45) is 6.31. The maximum atomic E-state index is 12.0. The first kappa shape index (κ1) is 14.3. The van der Waals surface area contributed by atoms with Gasteiger partial charge in [0.2, 0.25) is 11.8 Å². The van der Waals surface area contributed by atoms with E-state index in [1.165, 1.54) is 12.8 Å². The van der Waals surface area contributed by atoms with Crippen LogP contribution in [0.4, 0.5) is 0 Å². The molecule has 3 unspecified atom stereocenters. The maximum Gasteiger partial charge on any atom is 0.222 e. The van der Waals surface area contributed by atoms with Crippen LogP contribution in [0, 0.1) is 5.92 Å². The van der Waals surface area contributed by atoms with E-state index in [4.69, 9.17) is 5.73 Å². The summed E-state index contributed by atoms with van der Waals surface area (Å²) < 4.78 is 0. The van der Waals surface area contributed by atoms with Crippen molar-refractivity contribution in [3.05, 3.63) is 0 Å². The Kier molecular flexibility index (Phi) is 4.80. The lowest BCUT2D eigenvalue weighted by atomic mass is 9.83. The van der Waals surface area contributed by atoms with Gasteiger partial charge in [0.05, 0.1) is 0 Å². The summed E-state index contributed by atoms with van der Waals surface area (Å²) in [5.41, 5.74) is 6.07. The van der Waals surface area contributed by atoms with Gasteiger partial charge >= 0.3 is 0 Å². The Balaban J connectivity index is 1.76. The number of likely N-dealkylation sites (N-methyl/N-ethyl adjacent to an activating group) is 1. The summed E-state index contributed by atoms with van der Waals surface area (Å²) in [7, 11) is 1.79. The monoisotopic (exact) mass is 267 g/mol. The predicted molar refractivity (Wildman–Crippen MR) is 73.4 cm³/mol. The molecule has 19 heavy (non-hydrogen) atoms. The molecule has 0 aromatic carbocycles. The van der Waals surface area contributed by atoms with E-state index in [2.05, 4.69) is 5.32 Å². The molecule has 0 bridgehead atoms. The van der Waals surface area contributed by atoms with E-state index in [1.807, 2.05) is 0 Å². The van der Waals surface area contributed by atoms with Gasteiger partial charge in [-0.05, 0) is 25.2 Å². The molecule has 108 valence electrons. The standard InChI is InChI=1S/C14H25N3O2/c1-17-9-11(6-7-14(17)19)16-13(18)8-10-4-2-3-5-12(10)15/h10-12H,2-9,15H2,1H3,(H,16,18). The first-order valence-electron chi connectivity index (χ1n) is 7.35. The Morgan fingerprint density at radius 1 is 1.37 bits per heavy atom. The molecule has 1 aliphatic carbocycles. The number of carbonyl (C=O) groups excluding carboxylic acids is 2. The number of piperidine rings is 1. The van der Waals surface area contributed by atoms with Gasteiger partial charge in [0.1, 0.15) is 0 Å². The molecule has 0 aromatic heterocycles. The van der Waals surface area contributed by atoms with Gasteiger partial charge in [-0.15, -0.1) is 0 Å². The molecule has 2 rings (SSSR count). The van der Waals surface area contributed by atoms with E-state index in [0.717, 1.165) is 19.3 Å². The van der Waals surface area contributed by atoms with Crippen molar-refractivity contribution in [3.8, 4) is 0 Å². The van der Waals surface area contributed by atoms with E-state index >= 15 is 0 Å². The fraction of sp³-hybridized carbons (Fsp3) is 0.857. The third-order valence-electron chi connectivity index (χ3n) is 4.41. The maximum absolute atomic E-state index is 12.0. The molecule has 1 heterocycles. The minimum Gasteiger partial charge on any atom is -0.352 e. The van der Waals surface area contributed by atoms with E-state index in [1.54, 1.807) is 11.9 Å². The number of amides is 2. The van der Waals surface area contributed by atoms with E-state index < -0.39 is 0 Å². The Labute approximate surface area is 114 Å². The second-order valence-corrected chi connectivity index (χ2v) is 5.99. The molecule has 5 heteroatoms. The van der Waals surface area contributed by atoms with Gasteiger partial charge in [-0.2, -0.15) is 0 Å². The number of nitrogens with zero attached hydrogens (tertiary/aromatic N) is 1. The van der Waals surface area contributed by atoms with E-state index in [9.17, 15) is 9.59 Å². The number of carbonyl (C=O) groups is 2. The minimum absolute atomic E-state index is 0.0927. The van der Waals surface area contributed by atoms with Crippen LogP contribution in [-0.2, 0) is 9.59 Å². The summed E-state index contributed by atoms with van der Waals surface area (Å²) >= 11 is 0. The van der Waals surface area contributed by atoms with Crippen LogP contribution in [-0.4, -0.2) is 42.4 Å².